The van der Waals surface area contributed by atoms with Crippen molar-refractivity contribution in [2.75, 3.05) is 25.1 Å². The van der Waals surface area contributed by atoms with Crippen LogP contribution < -0.4 is 10.6 Å². The molecule has 1 heterocycles. The van der Waals surface area contributed by atoms with Crippen LogP contribution in [-0.2, 0) is 6.54 Å². The van der Waals surface area contributed by atoms with Gasteiger partial charge in [0, 0.05) is 24.7 Å². The summed E-state index contributed by atoms with van der Waals surface area (Å²) in [5.41, 5.74) is 1.85. The van der Waals surface area contributed by atoms with E-state index in [4.69, 9.17) is 4.52 Å². The number of guanidine groups is 1. The van der Waals surface area contributed by atoms with Gasteiger partial charge < -0.3 is 15.2 Å². The number of unbranched alkanes of at least 4 members (excludes halogenated alkanes) is 1. The highest BCUT2D eigenvalue weighted by Crippen LogP contribution is 2.19. The summed E-state index contributed by atoms with van der Waals surface area (Å²) in [7, 11) is 0. The zero-order valence-corrected chi connectivity index (χ0v) is 18.0. The van der Waals surface area contributed by atoms with E-state index in [9.17, 15) is 0 Å². The molecule has 0 fully saturated rings. The molecular weight excluding hydrogens is 447 g/mol. The van der Waals surface area contributed by atoms with Crippen molar-refractivity contribution in [3.63, 3.8) is 0 Å². The minimum absolute atomic E-state index is 0. The van der Waals surface area contributed by atoms with Gasteiger partial charge in [-0.3, -0.25) is 0 Å². The number of hydrogen-bond acceptors (Lipinski definition) is 4. The van der Waals surface area contributed by atoms with E-state index in [1.807, 2.05) is 48.2 Å². The highest BCUT2D eigenvalue weighted by Gasteiger charge is 2.06. The van der Waals surface area contributed by atoms with Gasteiger partial charge in [0.05, 0.1) is 6.54 Å². The van der Waals surface area contributed by atoms with Crippen LogP contribution in [0.1, 0.15) is 25.5 Å². The van der Waals surface area contributed by atoms with Crippen LogP contribution in [0.25, 0.3) is 11.3 Å². The predicted molar refractivity (Wildman–Crippen MR) is 118 cm³/mol. The highest BCUT2D eigenvalue weighted by atomic mass is 127. The molecule has 5 nitrogen and oxygen atoms in total. The van der Waals surface area contributed by atoms with E-state index in [1.54, 1.807) is 0 Å². The van der Waals surface area contributed by atoms with Crippen LogP contribution in [0.15, 0.2) is 45.9 Å². The minimum Gasteiger partial charge on any atom is -0.357 e. The molecule has 1 aromatic heterocycles. The van der Waals surface area contributed by atoms with Crippen LogP contribution in [-0.4, -0.2) is 36.2 Å². The van der Waals surface area contributed by atoms with Crippen molar-refractivity contribution in [3.8, 4) is 11.3 Å². The number of hydrogen-bond donors (Lipinski definition) is 2. The molecule has 0 saturated carbocycles. The fraction of sp³-hybridized carbons (Fsp3) is 0.444. The lowest BCUT2D eigenvalue weighted by atomic mass is 10.2. The molecule has 0 amide bonds. The van der Waals surface area contributed by atoms with Crippen LogP contribution in [0, 0.1) is 0 Å². The van der Waals surface area contributed by atoms with E-state index in [-0.39, 0.29) is 24.0 Å². The number of benzene rings is 1. The summed E-state index contributed by atoms with van der Waals surface area (Å²) in [4.78, 5) is 4.58. The molecule has 0 radical (unpaired) electrons. The summed E-state index contributed by atoms with van der Waals surface area (Å²) in [5, 5.41) is 10.7. The number of aliphatic imine (C=N–C) groups is 1. The maximum atomic E-state index is 5.41. The van der Waals surface area contributed by atoms with E-state index >= 15 is 0 Å². The molecule has 1 aromatic carbocycles. The van der Waals surface area contributed by atoms with E-state index in [0.29, 0.717) is 6.54 Å². The van der Waals surface area contributed by atoms with Gasteiger partial charge in [-0.1, -0.05) is 35.5 Å². The first-order valence-electron chi connectivity index (χ1n) is 8.35. The number of nitrogens with one attached hydrogen (secondary N) is 2. The first-order valence-corrected chi connectivity index (χ1v) is 9.75. The quantitative estimate of drug-likeness (QED) is 0.247. The van der Waals surface area contributed by atoms with Gasteiger partial charge in [-0.05, 0) is 31.8 Å². The summed E-state index contributed by atoms with van der Waals surface area (Å²) < 4.78 is 5.41. The Balaban J connectivity index is 0.00000312. The topological polar surface area (TPSA) is 62.5 Å². The molecule has 0 aliphatic heterocycles. The second kappa shape index (κ2) is 13.0. The molecule has 25 heavy (non-hydrogen) atoms. The predicted octanol–water partition coefficient (Wildman–Crippen LogP) is 4.16. The van der Waals surface area contributed by atoms with E-state index in [0.717, 1.165) is 42.5 Å². The van der Waals surface area contributed by atoms with Crippen molar-refractivity contribution in [2.24, 2.45) is 4.99 Å². The maximum Gasteiger partial charge on any atom is 0.191 e. The number of thioether (sulfide) groups is 1. The van der Waals surface area contributed by atoms with Gasteiger partial charge in [0.1, 0.15) is 5.69 Å². The molecule has 2 aromatic rings. The lowest BCUT2D eigenvalue weighted by Gasteiger charge is -2.10. The molecule has 138 valence electrons. The third-order valence-electron chi connectivity index (χ3n) is 3.43. The number of halogens is 1. The Morgan fingerprint density at radius 1 is 1.20 bits per heavy atom. The second-order valence-electron chi connectivity index (χ2n) is 5.37. The molecule has 0 bridgehead atoms. The largest absolute Gasteiger partial charge is 0.357 e. The van der Waals surface area contributed by atoms with Gasteiger partial charge in [-0.15, -0.1) is 24.0 Å². The fourth-order valence-electron chi connectivity index (χ4n) is 2.20. The Bertz CT molecular complexity index is 619. The van der Waals surface area contributed by atoms with Crippen molar-refractivity contribution in [2.45, 2.75) is 26.3 Å². The fourth-order valence-corrected chi connectivity index (χ4v) is 2.70. The molecule has 2 N–H and O–H groups in total. The zero-order chi connectivity index (χ0) is 17.0. The number of aromatic nitrogens is 1. The molecule has 0 unspecified atom stereocenters. The second-order valence-corrected chi connectivity index (χ2v) is 6.36. The van der Waals surface area contributed by atoms with Gasteiger partial charge in [0.15, 0.2) is 11.7 Å². The van der Waals surface area contributed by atoms with Gasteiger partial charge in [0.2, 0.25) is 0 Å². The Morgan fingerprint density at radius 2 is 2.00 bits per heavy atom. The van der Waals surface area contributed by atoms with E-state index < -0.39 is 0 Å². The molecular formula is C18H27IN4OS. The zero-order valence-electron chi connectivity index (χ0n) is 14.8. The third kappa shape index (κ3) is 8.13. The Labute approximate surface area is 171 Å². The molecule has 7 heteroatoms. The third-order valence-corrected chi connectivity index (χ3v) is 4.13. The molecule has 0 spiro atoms. The first-order chi connectivity index (χ1) is 11.8. The summed E-state index contributed by atoms with van der Waals surface area (Å²) in [5.74, 6) is 2.80. The van der Waals surface area contributed by atoms with Crippen LogP contribution >= 0.6 is 35.7 Å². The molecule has 0 saturated heterocycles. The van der Waals surface area contributed by atoms with Crippen molar-refractivity contribution in [1.82, 2.24) is 15.8 Å². The summed E-state index contributed by atoms with van der Waals surface area (Å²) in [6, 6.07) is 11.9. The van der Waals surface area contributed by atoms with Crippen LogP contribution in [0.5, 0.6) is 0 Å². The van der Waals surface area contributed by atoms with Crippen molar-refractivity contribution in [3.05, 3.63) is 42.1 Å². The average Bonchev–Trinajstić information content (AvgIpc) is 3.09. The van der Waals surface area contributed by atoms with Crippen molar-refractivity contribution < 1.29 is 4.52 Å². The average molecular weight is 474 g/mol. The monoisotopic (exact) mass is 474 g/mol. The minimum atomic E-state index is 0. The summed E-state index contributed by atoms with van der Waals surface area (Å²) in [6.45, 7) is 4.33. The van der Waals surface area contributed by atoms with Gasteiger partial charge >= 0.3 is 0 Å². The van der Waals surface area contributed by atoms with Crippen LogP contribution in [0.4, 0.5) is 0 Å². The summed E-state index contributed by atoms with van der Waals surface area (Å²) >= 11 is 1.89. The Hall–Kier alpha value is -1.22. The van der Waals surface area contributed by atoms with Crippen LogP contribution in [0.3, 0.4) is 0 Å². The number of rotatable bonds is 9. The van der Waals surface area contributed by atoms with Gasteiger partial charge in [-0.2, -0.15) is 11.8 Å². The highest BCUT2D eigenvalue weighted by molar-refractivity contribution is 14.0. The SMILES string of the molecule is CCNC(=NCc1cc(-c2ccccc2)on1)NCCCCSC.I. The molecule has 0 aliphatic rings. The standard InChI is InChI=1S/C18H26N4OS.HI/c1-3-19-18(20-11-7-8-12-24-2)21-14-16-13-17(23-22-16)15-9-5-4-6-10-15;/h4-6,9-10,13H,3,7-8,11-12,14H2,1-2H3,(H2,19,20,21);1H. The van der Waals surface area contributed by atoms with Crippen LogP contribution in [0.2, 0.25) is 0 Å². The normalized spacial score (nSPS) is 11.0. The lowest BCUT2D eigenvalue weighted by molar-refractivity contribution is 0.424. The molecule has 2 rings (SSSR count). The van der Waals surface area contributed by atoms with E-state index in [2.05, 4.69) is 34.0 Å². The van der Waals surface area contributed by atoms with Gasteiger partial charge in [0.25, 0.3) is 0 Å². The van der Waals surface area contributed by atoms with E-state index in [1.165, 1.54) is 12.2 Å². The Kier molecular flexibility index (Phi) is 11.4. The summed E-state index contributed by atoms with van der Waals surface area (Å²) in [6.07, 6.45) is 4.51. The Morgan fingerprint density at radius 3 is 2.72 bits per heavy atom. The number of nitrogens with zero attached hydrogens (tertiary/aromatic N) is 2. The first kappa shape index (κ1) is 21.8. The van der Waals surface area contributed by atoms with Crippen molar-refractivity contribution >= 4 is 41.7 Å². The molecule has 0 atom stereocenters. The van der Waals surface area contributed by atoms with Crippen molar-refractivity contribution in [1.29, 1.82) is 0 Å². The molecule has 0 aliphatic carbocycles. The smallest absolute Gasteiger partial charge is 0.191 e. The lowest BCUT2D eigenvalue weighted by Crippen LogP contribution is -2.37. The van der Waals surface area contributed by atoms with Gasteiger partial charge in [-0.25, -0.2) is 4.99 Å². The maximum absolute atomic E-state index is 5.41.